The average molecular weight is 286 g/mol. The predicted molar refractivity (Wildman–Crippen MR) is 84.8 cm³/mol. The lowest BCUT2D eigenvalue weighted by atomic mass is 10.0. The Morgan fingerprint density at radius 1 is 1.29 bits per heavy atom. The first-order valence-electron chi connectivity index (χ1n) is 7.66. The molecule has 3 rings (SSSR count). The van der Waals surface area contributed by atoms with E-state index < -0.39 is 0 Å². The number of nitrogens with zero attached hydrogens (tertiary/aromatic N) is 1. The molecule has 1 aliphatic rings. The Labute approximate surface area is 124 Å². The van der Waals surface area contributed by atoms with Crippen molar-refractivity contribution in [1.82, 2.24) is 9.88 Å². The molecular weight excluding hydrogens is 264 g/mol. The van der Waals surface area contributed by atoms with E-state index in [9.17, 15) is 4.79 Å². The first-order valence-corrected chi connectivity index (χ1v) is 7.66. The van der Waals surface area contributed by atoms with Crippen LogP contribution in [0.2, 0.25) is 0 Å². The Morgan fingerprint density at radius 3 is 2.76 bits per heavy atom. The lowest BCUT2D eigenvalue weighted by Crippen LogP contribution is -2.38. The van der Waals surface area contributed by atoms with Crippen LogP contribution in [0.15, 0.2) is 29.1 Å². The van der Waals surface area contributed by atoms with Crippen LogP contribution >= 0.6 is 0 Å². The first kappa shape index (κ1) is 14.3. The lowest BCUT2D eigenvalue weighted by molar-refractivity contribution is 0.0199. The Kier molecular flexibility index (Phi) is 4.08. The number of aromatic amines is 1. The van der Waals surface area contributed by atoms with Crippen LogP contribution in [0, 0.1) is 0 Å². The third-order valence-electron chi connectivity index (χ3n) is 4.40. The fourth-order valence-corrected chi connectivity index (χ4v) is 2.96. The second-order valence-electron chi connectivity index (χ2n) is 5.65. The number of hydrogen-bond donors (Lipinski definition) is 1. The fraction of sp³-hybridized carbons (Fsp3) is 0.471. The van der Waals surface area contributed by atoms with E-state index >= 15 is 0 Å². The van der Waals surface area contributed by atoms with Crippen molar-refractivity contribution in [3.63, 3.8) is 0 Å². The van der Waals surface area contributed by atoms with Gasteiger partial charge in [0.1, 0.15) is 0 Å². The van der Waals surface area contributed by atoms with Gasteiger partial charge in [-0.25, -0.2) is 0 Å². The second-order valence-corrected chi connectivity index (χ2v) is 5.65. The average Bonchev–Trinajstić information content (AvgIpc) is 2.53. The number of nitrogens with one attached hydrogen (secondary N) is 1. The van der Waals surface area contributed by atoms with Gasteiger partial charge in [-0.1, -0.05) is 19.1 Å². The largest absolute Gasteiger partial charge is 0.379 e. The normalized spacial score (nSPS) is 18.0. The third-order valence-corrected chi connectivity index (χ3v) is 4.40. The van der Waals surface area contributed by atoms with Gasteiger partial charge < -0.3 is 9.72 Å². The third kappa shape index (κ3) is 2.87. The van der Waals surface area contributed by atoms with E-state index in [1.165, 1.54) is 5.56 Å². The van der Waals surface area contributed by atoms with Crippen LogP contribution in [0.1, 0.15) is 31.0 Å². The highest BCUT2D eigenvalue weighted by molar-refractivity contribution is 5.79. The number of ether oxygens (including phenoxy) is 1. The van der Waals surface area contributed by atoms with Gasteiger partial charge in [0.25, 0.3) is 5.56 Å². The molecule has 2 aromatic rings. The zero-order valence-electron chi connectivity index (χ0n) is 12.7. The Bertz CT molecular complexity index is 687. The van der Waals surface area contributed by atoms with E-state index in [1.807, 2.05) is 13.0 Å². The van der Waals surface area contributed by atoms with Crippen LogP contribution < -0.4 is 5.56 Å². The molecule has 0 radical (unpaired) electrons. The topological polar surface area (TPSA) is 45.3 Å². The summed E-state index contributed by atoms with van der Waals surface area (Å²) in [6.45, 7) is 7.74. The van der Waals surface area contributed by atoms with Crippen LogP contribution in [-0.2, 0) is 11.2 Å². The standard InChI is InChI=1S/C17H22N2O2/c1-3-13-10-15-5-4-14(11-16(15)18-17(13)20)12(2)19-6-8-21-9-7-19/h4-5,10-12H,3,6-9H2,1-2H3,(H,18,20). The van der Waals surface area contributed by atoms with E-state index in [4.69, 9.17) is 4.74 Å². The van der Waals surface area contributed by atoms with Crippen molar-refractivity contribution in [3.05, 3.63) is 45.7 Å². The molecule has 1 aromatic heterocycles. The number of aromatic nitrogens is 1. The minimum atomic E-state index is 0.0289. The van der Waals surface area contributed by atoms with E-state index in [2.05, 4.69) is 35.0 Å². The molecule has 0 saturated carbocycles. The summed E-state index contributed by atoms with van der Waals surface area (Å²) in [6.07, 6.45) is 0.761. The minimum absolute atomic E-state index is 0.0289. The maximum Gasteiger partial charge on any atom is 0.251 e. The van der Waals surface area contributed by atoms with Crippen molar-refractivity contribution in [1.29, 1.82) is 0 Å². The molecule has 1 unspecified atom stereocenters. The zero-order chi connectivity index (χ0) is 14.8. The number of aryl methyl sites for hydroxylation is 1. The van der Waals surface area contributed by atoms with E-state index in [1.54, 1.807) is 0 Å². The molecule has 0 spiro atoms. The summed E-state index contributed by atoms with van der Waals surface area (Å²) in [4.78, 5) is 17.4. The summed E-state index contributed by atoms with van der Waals surface area (Å²) >= 11 is 0. The maximum absolute atomic E-state index is 12.0. The van der Waals surface area contributed by atoms with Gasteiger partial charge in [0.2, 0.25) is 0 Å². The molecule has 0 aliphatic carbocycles. The molecular formula is C17H22N2O2. The van der Waals surface area contributed by atoms with Crippen LogP contribution in [0.25, 0.3) is 10.9 Å². The van der Waals surface area contributed by atoms with E-state index in [0.29, 0.717) is 6.04 Å². The van der Waals surface area contributed by atoms with Gasteiger partial charge in [0.15, 0.2) is 0 Å². The van der Waals surface area contributed by atoms with Crippen LogP contribution in [0.5, 0.6) is 0 Å². The van der Waals surface area contributed by atoms with Gasteiger partial charge in [0, 0.05) is 30.2 Å². The molecule has 1 N–H and O–H groups in total. The van der Waals surface area contributed by atoms with Crippen molar-refractivity contribution in [2.24, 2.45) is 0 Å². The SMILES string of the molecule is CCc1cc2ccc(C(C)N3CCOCC3)cc2[nH]c1=O. The summed E-state index contributed by atoms with van der Waals surface area (Å²) in [7, 11) is 0. The molecule has 1 aliphatic heterocycles. The predicted octanol–water partition coefficient (Wildman–Crippen LogP) is 2.48. The summed E-state index contributed by atoms with van der Waals surface area (Å²) in [5, 5.41) is 1.10. The summed E-state index contributed by atoms with van der Waals surface area (Å²) in [6, 6.07) is 8.72. The van der Waals surface area contributed by atoms with Crippen molar-refractivity contribution >= 4 is 10.9 Å². The highest BCUT2D eigenvalue weighted by Crippen LogP contribution is 2.24. The maximum atomic E-state index is 12.0. The minimum Gasteiger partial charge on any atom is -0.379 e. The summed E-state index contributed by atoms with van der Waals surface area (Å²) in [5.74, 6) is 0. The van der Waals surface area contributed by atoms with Gasteiger partial charge >= 0.3 is 0 Å². The molecule has 21 heavy (non-hydrogen) atoms. The first-order chi connectivity index (χ1) is 10.2. The molecule has 112 valence electrons. The smallest absolute Gasteiger partial charge is 0.251 e. The van der Waals surface area contributed by atoms with Crippen LogP contribution in [-0.4, -0.2) is 36.2 Å². The Hall–Kier alpha value is -1.65. The molecule has 1 aromatic carbocycles. The number of morpholine rings is 1. The fourth-order valence-electron chi connectivity index (χ4n) is 2.96. The van der Waals surface area contributed by atoms with Crippen LogP contribution in [0.4, 0.5) is 0 Å². The van der Waals surface area contributed by atoms with E-state index in [0.717, 1.165) is 49.2 Å². The molecule has 1 atom stereocenters. The molecule has 4 heteroatoms. The number of fused-ring (bicyclic) bond motifs is 1. The lowest BCUT2D eigenvalue weighted by Gasteiger charge is -2.32. The number of pyridine rings is 1. The van der Waals surface area contributed by atoms with Crippen molar-refractivity contribution < 1.29 is 4.74 Å². The van der Waals surface area contributed by atoms with Gasteiger partial charge in [-0.3, -0.25) is 9.69 Å². The molecule has 1 saturated heterocycles. The highest BCUT2D eigenvalue weighted by atomic mass is 16.5. The molecule has 2 heterocycles. The second kappa shape index (κ2) is 6.00. The number of benzene rings is 1. The van der Waals surface area contributed by atoms with Crippen molar-refractivity contribution in [3.8, 4) is 0 Å². The van der Waals surface area contributed by atoms with Gasteiger partial charge in [-0.15, -0.1) is 0 Å². The van der Waals surface area contributed by atoms with Crippen molar-refractivity contribution in [2.45, 2.75) is 26.3 Å². The quantitative estimate of drug-likeness (QED) is 0.943. The highest BCUT2D eigenvalue weighted by Gasteiger charge is 2.18. The molecule has 0 amide bonds. The Balaban J connectivity index is 1.94. The number of hydrogen-bond acceptors (Lipinski definition) is 3. The van der Waals surface area contributed by atoms with Gasteiger partial charge in [-0.05, 0) is 36.4 Å². The molecule has 4 nitrogen and oxygen atoms in total. The Morgan fingerprint density at radius 2 is 2.05 bits per heavy atom. The number of rotatable bonds is 3. The van der Waals surface area contributed by atoms with Gasteiger partial charge in [0.05, 0.1) is 13.2 Å². The van der Waals surface area contributed by atoms with Gasteiger partial charge in [-0.2, -0.15) is 0 Å². The monoisotopic (exact) mass is 286 g/mol. The summed E-state index contributed by atoms with van der Waals surface area (Å²) < 4.78 is 5.41. The van der Waals surface area contributed by atoms with E-state index in [-0.39, 0.29) is 5.56 Å². The zero-order valence-corrected chi connectivity index (χ0v) is 12.7. The molecule has 1 fully saturated rings. The summed E-state index contributed by atoms with van der Waals surface area (Å²) in [5.41, 5.74) is 3.04. The molecule has 0 bridgehead atoms. The van der Waals surface area contributed by atoms with Crippen molar-refractivity contribution in [2.75, 3.05) is 26.3 Å². The number of H-pyrrole nitrogens is 1. The van der Waals surface area contributed by atoms with Crippen LogP contribution in [0.3, 0.4) is 0 Å².